The molecule has 1 amide bonds. The van der Waals surface area contributed by atoms with E-state index in [-0.39, 0.29) is 24.3 Å². The first-order chi connectivity index (χ1) is 7.56. The largest absolute Gasteiger partial charge is 0.481 e. The summed E-state index contributed by atoms with van der Waals surface area (Å²) in [5.74, 6) is 1.24. The molecule has 1 saturated heterocycles. The lowest BCUT2D eigenvalue weighted by atomic mass is 9.87. The number of aliphatic carboxylic acids is 1. The van der Waals surface area contributed by atoms with Gasteiger partial charge in [-0.05, 0) is 0 Å². The van der Waals surface area contributed by atoms with E-state index in [0.717, 1.165) is 0 Å². The predicted octanol–water partition coefficient (Wildman–Crippen LogP) is -0.612. The summed E-state index contributed by atoms with van der Waals surface area (Å²) in [5.41, 5.74) is 0. The number of amides is 1. The summed E-state index contributed by atoms with van der Waals surface area (Å²) in [6.45, 7) is 3.33. The number of carboxylic acid groups (broad SMARTS) is 1. The number of likely N-dealkylation sites (tertiary alicyclic amines) is 1. The van der Waals surface area contributed by atoms with Crippen molar-refractivity contribution in [3.8, 4) is 12.3 Å². The topological polar surface area (TPSA) is 69.6 Å². The lowest BCUT2D eigenvalue weighted by Crippen LogP contribution is -2.55. The Morgan fingerprint density at radius 3 is 2.75 bits per heavy atom. The van der Waals surface area contributed by atoms with Gasteiger partial charge < -0.3 is 10.0 Å². The smallest absolute Gasteiger partial charge is 0.306 e. The second-order valence-corrected chi connectivity index (χ2v) is 3.99. The van der Waals surface area contributed by atoms with Crippen LogP contribution in [0.1, 0.15) is 6.92 Å². The van der Waals surface area contributed by atoms with Gasteiger partial charge in [-0.15, -0.1) is 6.42 Å². The van der Waals surface area contributed by atoms with Crippen LogP contribution in [0.4, 0.5) is 0 Å². The first-order valence-corrected chi connectivity index (χ1v) is 5.21. The molecule has 1 rings (SSSR count). The Balaban J connectivity index is 2.23. The molecular formula is C11H16N2O3. The number of hydrogen-bond acceptors (Lipinski definition) is 3. The van der Waals surface area contributed by atoms with Crippen LogP contribution in [0.3, 0.4) is 0 Å². The van der Waals surface area contributed by atoms with Crippen molar-refractivity contribution in [2.75, 3.05) is 26.2 Å². The quantitative estimate of drug-likeness (QED) is 0.483. The van der Waals surface area contributed by atoms with Crippen LogP contribution in [-0.2, 0) is 9.59 Å². The van der Waals surface area contributed by atoms with Gasteiger partial charge in [-0.2, -0.15) is 0 Å². The molecule has 0 aromatic heterocycles. The molecule has 0 saturated carbocycles. The summed E-state index contributed by atoms with van der Waals surface area (Å²) >= 11 is 0. The van der Waals surface area contributed by atoms with Gasteiger partial charge in [0, 0.05) is 19.0 Å². The van der Waals surface area contributed by atoms with E-state index in [2.05, 4.69) is 11.2 Å². The fourth-order valence-electron chi connectivity index (χ4n) is 1.59. The monoisotopic (exact) mass is 224 g/mol. The van der Waals surface area contributed by atoms with Crippen molar-refractivity contribution in [1.82, 2.24) is 10.2 Å². The van der Waals surface area contributed by atoms with Crippen LogP contribution in [0, 0.1) is 24.2 Å². The summed E-state index contributed by atoms with van der Waals surface area (Å²) in [7, 11) is 0. The Morgan fingerprint density at radius 1 is 1.62 bits per heavy atom. The maximum absolute atomic E-state index is 11.5. The maximum atomic E-state index is 11.5. The zero-order chi connectivity index (χ0) is 12.1. The van der Waals surface area contributed by atoms with Gasteiger partial charge in [0.1, 0.15) is 0 Å². The standard InChI is InChI=1S/C11H16N2O3/c1-3-4-12-5-10(14)13-6-9(7-13)8(2)11(15)16/h1,8-9,12H,4-7H2,2H3,(H,15,16). The third-order valence-corrected chi connectivity index (χ3v) is 2.86. The molecule has 1 atom stereocenters. The minimum Gasteiger partial charge on any atom is -0.481 e. The number of rotatable bonds is 5. The molecule has 16 heavy (non-hydrogen) atoms. The Bertz CT molecular complexity index is 316. The summed E-state index contributed by atoms with van der Waals surface area (Å²) in [6.07, 6.45) is 5.03. The Labute approximate surface area is 94.8 Å². The fourth-order valence-corrected chi connectivity index (χ4v) is 1.59. The number of nitrogens with zero attached hydrogens (tertiary/aromatic N) is 1. The molecule has 1 fully saturated rings. The van der Waals surface area contributed by atoms with E-state index < -0.39 is 5.97 Å². The minimum atomic E-state index is -0.803. The van der Waals surface area contributed by atoms with E-state index in [9.17, 15) is 9.59 Å². The van der Waals surface area contributed by atoms with Crippen molar-refractivity contribution in [3.05, 3.63) is 0 Å². The fraction of sp³-hybridized carbons (Fsp3) is 0.636. The van der Waals surface area contributed by atoms with Crippen LogP contribution in [0.5, 0.6) is 0 Å². The average Bonchev–Trinajstić information content (AvgIpc) is 2.15. The van der Waals surface area contributed by atoms with Gasteiger partial charge >= 0.3 is 5.97 Å². The molecule has 1 heterocycles. The number of nitrogens with one attached hydrogen (secondary N) is 1. The summed E-state index contributed by atoms with van der Waals surface area (Å²) in [6, 6.07) is 0. The molecule has 88 valence electrons. The SMILES string of the molecule is C#CCNCC(=O)N1CC(C(C)C(=O)O)C1. The molecule has 0 aromatic carbocycles. The van der Waals surface area contributed by atoms with Gasteiger partial charge in [0.05, 0.1) is 19.0 Å². The maximum Gasteiger partial charge on any atom is 0.306 e. The molecule has 5 nitrogen and oxygen atoms in total. The molecule has 0 bridgehead atoms. The third-order valence-electron chi connectivity index (χ3n) is 2.86. The van der Waals surface area contributed by atoms with Gasteiger partial charge in [0.15, 0.2) is 0 Å². The molecule has 0 aliphatic carbocycles. The zero-order valence-corrected chi connectivity index (χ0v) is 9.27. The molecule has 1 unspecified atom stereocenters. The summed E-state index contributed by atoms with van der Waals surface area (Å²) < 4.78 is 0. The van der Waals surface area contributed by atoms with Gasteiger partial charge in [0.2, 0.25) is 5.91 Å². The third kappa shape index (κ3) is 2.97. The van der Waals surface area contributed by atoms with Crippen LogP contribution in [-0.4, -0.2) is 48.1 Å². The number of terminal acetylenes is 1. The molecule has 0 spiro atoms. The van der Waals surface area contributed by atoms with E-state index in [1.54, 1.807) is 11.8 Å². The van der Waals surface area contributed by atoms with Crippen molar-refractivity contribution in [1.29, 1.82) is 0 Å². The van der Waals surface area contributed by atoms with E-state index in [4.69, 9.17) is 11.5 Å². The zero-order valence-electron chi connectivity index (χ0n) is 9.27. The molecule has 0 radical (unpaired) electrons. The molecule has 1 aliphatic heterocycles. The second-order valence-electron chi connectivity index (χ2n) is 3.99. The highest BCUT2D eigenvalue weighted by molar-refractivity contribution is 5.79. The van der Waals surface area contributed by atoms with E-state index in [0.29, 0.717) is 19.6 Å². The first-order valence-electron chi connectivity index (χ1n) is 5.21. The van der Waals surface area contributed by atoms with E-state index >= 15 is 0 Å². The number of hydrogen-bond donors (Lipinski definition) is 2. The van der Waals surface area contributed by atoms with Gasteiger partial charge in [0.25, 0.3) is 0 Å². The van der Waals surface area contributed by atoms with Crippen LogP contribution in [0.15, 0.2) is 0 Å². The van der Waals surface area contributed by atoms with Gasteiger partial charge in [-0.3, -0.25) is 14.9 Å². The number of carbonyl (C=O) groups is 2. The molecule has 2 N–H and O–H groups in total. The van der Waals surface area contributed by atoms with Crippen molar-refractivity contribution in [3.63, 3.8) is 0 Å². The normalized spacial score (nSPS) is 17.4. The van der Waals surface area contributed by atoms with Crippen molar-refractivity contribution < 1.29 is 14.7 Å². The summed E-state index contributed by atoms with van der Waals surface area (Å²) in [5, 5.41) is 11.6. The first kappa shape index (κ1) is 12.5. The van der Waals surface area contributed by atoms with Crippen LogP contribution in [0.25, 0.3) is 0 Å². The number of carboxylic acids is 1. The van der Waals surface area contributed by atoms with Crippen LogP contribution < -0.4 is 5.32 Å². The van der Waals surface area contributed by atoms with Crippen molar-refractivity contribution in [2.24, 2.45) is 11.8 Å². The van der Waals surface area contributed by atoms with Crippen LogP contribution >= 0.6 is 0 Å². The van der Waals surface area contributed by atoms with Gasteiger partial charge in [-0.1, -0.05) is 12.8 Å². The molecular weight excluding hydrogens is 208 g/mol. The second kappa shape index (κ2) is 5.52. The van der Waals surface area contributed by atoms with E-state index in [1.807, 2.05) is 0 Å². The van der Waals surface area contributed by atoms with Crippen molar-refractivity contribution in [2.45, 2.75) is 6.92 Å². The predicted molar refractivity (Wildman–Crippen MR) is 58.6 cm³/mol. The van der Waals surface area contributed by atoms with Crippen LogP contribution in [0.2, 0.25) is 0 Å². The Morgan fingerprint density at radius 2 is 2.25 bits per heavy atom. The highest BCUT2D eigenvalue weighted by atomic mass is 16.4. The summed E-state index contributed by atoms with van der Waals surface area (Å²) in [4.78, 5) is 23.8. The minimum absolute atomic E-state index is 0.0240. The number of carbonyl (C=O) groups excluding carboxylic acids is 1. The lowest BCUT2D eigenvalue weighted by Gasteiger charge is -2.41. The Kier molecular flexibility index (Phi) is 4.32. The van der Waals surface area contributed by atoms with E-state index in [1.165, 1.54) is 0 Å². The molecule has 1 aliphatic rings. The molecule has 0 aromatic rings. The molecule has 5 heteroatoms. The highest BCUT2D eigenvalue weighted by Crippen LogP contribution is 2.23. The Hall–Kier alpha value is -1.54. The average molecular weight is 224 g/mol. The van der Waals surface area contributed by atoms with Gasteiger partial charge in [-0.25, -0.2) is 0 Å². The lowest BCUT2D eigenvalue weighted by molar-refractivity contribution is -0.150. The van der Waals surface area contributed by atoms with Crippen molar-refractivity contribution >= 4 is 11.9 Å². The highest BCUT2D eigenvalue weighted by Gasteiger charge is 2.36.